The van der Waals surface area contributed by atoms with Gasteiger partial charge in [0.1, 0.15) is 0 Å². The molecule has 1 saturated heterocycles. The van der Waals surface area contributed by atoms with Crippen molar-refractivity contribution in [1.82, 2.24) is 20.0 Å². The molecule has 0 aromatic carbocycles. The molecule has 1 aliphatic carbocycles. The lowest BCUT2D eigenvalue weighted by Crippen LogP contribution is -2.58. The largest absolute Gasteiger partial charge is 0.354 e. The molecule has 1 N–H and O–H groups in total. The van der Waals surface area contributed by atoms with E-state index in [0.29, 0.717) is 6.42 Å². The molecule has 0 bridgehead atoms. The normalized spacial score (nSPS) is 21.2. The lowest BCUT2D eigenvalue weighted by atomic mass is 9.79. The highest BCUT2D eigenvalue weighted by Crippen LogP contribution is 2.35. The first kappa shape index (κ1) is 18.4. The molecule has 1 saturated carbocycles. The van der Waals surface area contributed by atoms with Crippen molar-refractivity contribution in [3.63, 3.8) is 0 Å². The summed E-state index contributed by atoms with van der Waals surface area (Å²) in [6.07, 6.45) is 10.8. The predicted octanol–water partition coefficient (Wildman–Crippen LogP) is 2.88. The highest BCUT2D eigenvalue weighted by Gasteiger charge is 2.38. The van der Waals surface area contributed by atoms with E-state index in [1.165, 1.54) is 64.5 Å². The third kappa shape index (κ3) is 4.08. The van der Waals surface area contributed by atoms with Gasteiger partial charge in [0.25, 0.3) is 0 Å². The van der Waals surface area contributed by atoms with Crippen molar-refractivity contribution < 1.29 is 4.79 Å². The number of rotatable bonds is 5. The van der Waals surface area contributed by atoms with Gasteiger partial charge in [0.05, 0.1) is 12.1 Å². The van der Waals surface area contributed by atoms with E-state index in [9.17, 15) is 4.79 Å². The number of aromatic nitrogens is 2. The van der Waals surface area contributed by atoms with E-state index in [2.05, 4.69) is 15.3 Å². The Morgan fingerprint density at radius 3 is 2.32 bits per heavy atom. The molecule has 2 heterocycles. The number of nitrogens with one attached hydrogen (secondary N) is 1. The zero-order valence-corrected chi connectivity index (χ0v) is 16.2. The number of piperidine rings is 1. The Morgan fingerprint density at radius 1 is 1.08 bits per heavy atom. The summed E-state index contributed by atoms with van der Waals surface area (Å²) in [5, 5.41) is 7.71. The quantitative estimate of drug-likeness (QED) is 0.892. The van der Waals surface area contributed by atoms with E-state index in [4.69, 9.17) is 0 Å². The fourth-order valence-corrected chi connectivity index (χ4v) is 4.74. The molecule has 0 radical (unpaired) electrons. The molecule has 0 spiro atoms. The summed E-state index contributed by atoms with van der Waals surface area (Å²) in [5.41, 5.74) is 3.35. The van der Waals surface area contributed by atoms with Crippen LogP contribution in [0.4, 0.5) is 0 Å². The van der Waals surface area contributed by atoms with Crippen LogP contribution in [0, 0.1) is 13.8 Å². The van der Waals surface area contributed by atoms with Crippen molar-refractivity contribution in [2.45, 2.75) is 77.2 Å². The van der Waals surface area contributed by atoms with Crippen molar-refractivity contribution in [2.75, 3.05) is 19.6 Å². The van der Waals surface area contributed by atoms with Gasteiger partial charge in [-0.25, -0.2) is 0 Å². The third-order valence-corrected chi connectivity index (χ3v) is 6.42. The molecule has 0 atom stereocenters. The smallest absolute Gasteiger partial charge is 0.224 e. The number of carbonyl (C=O) groups excluding carboxylic acids is 1. The topological polar surface area (TPSA) is 50.2 Å². The van der Waals surface area contributed by atoms with Crippen molar-refractivity contribution in [3.05, 3.63) is 17.0 Å². The van der Waals surface area contributed by atoms with Crippen LogP contribution in [-0.4, -0.2) is 45.8 Å². The molecule has 3 rings (SSSR count). The molecule has 1 aromatic heterocycles. The Balaban J connectivity index is 1.63. The number of hydrogen-bond donors (Lipinski definition) is 1. The average molecular weight is 347 g/mol. The molecule has 0 unspecified atom stereocenters. The number of aryl methyl sites for hydroxylation is 2. The molecule has 1 amide bonds. The number of hydrogen-bond acceptors (Lipinski definition) is 3. The van der Waals surface area contributed by atoms with Gasteiger partial charge < -0.3 is 5.32 Å². The predicted molar refractivity (Wildman–Crippen MR) is 101 cm³/mol. The lowest BCUT2D eigenvalue weighted by Gasteiger charge is -2.48. The highest BCUT2D eigenvalue weighted by atomic mass is 16.1. The van der Waals surface area contributed by atoms with Crippen molar-refractivity contribution in [1.29, 1.82) is 0 Å². The number of amides is 1. The van der Waals surface area contributed by atoms with Gasteiger partial charge in [-0.15, -0.1) is 0 Å². The van der Waals surface area contributed by atoms with Crippen LogP contribution in [0.25, 0.3) is 0 Å². The maximum atomic E-state index is 12.6. The maximum absolute atomic E-state index is 12.6. The Bertz CT molecular complexity index is 595. The van der Waals surface area contributed by atoms with Crippen LogP contribution in [0.15, 0.2) is 0 Å². The van der Waals surface area contributed by atoms with Crippen LogP contribution in [0.1, 0.15) is 68.3 Å². The Morgan fingerprint density at radius 2 is 1.72 bits per heavy atom. The van der Waals surface area contributed by atoms with Crippen LogP contribution in [0.5, 0.6) is 0 Å². The minimum Gasteiger partial charge on any atom is -0.354 e. The summed E-state index contributed by atoms with van der Waals surface area (Å²) in [6.45, 7) is 7.25. The first-order valence-electron chi connectivity index (χ1n) is 10.0. The number of likely N-dealkylation sites (tertiary alicyclic amines) is 1. The van der Waals surface area contributed by atoms with Crippen LogP contribution < -0.4 is 5.32 Å². The minimum absolute atomic E-state index is 0.140. The fourth-order valence-electron chi connectivity index (χ4n) is 4.74. The Labute approximate surface area is 152 Å². The SMILES string of the molecule is Cc1nn(C)c(C)c1CC(=O)NCC1(N2CCCCC2)CCCCC1. The fraction of sp³-hybridized carbons (Fsp3) is 0.800. The second-order valence-electron chi connectivity index (χ2n) is 8.06. The Kier molecular flexibility index (Phi) is 5.82. The van der Waals surface area contributed by atoms with Crippen LogP contribution >= 0.6 is 0 Å². The van der Waals surface area contributed by atoms with Crippen LogP contribution in [0.3, 0.4) is 0 Å². The van der Waals surface area contributed by atoms with Gasteiger partial charge in [-0.2, -0.15) is 5.10 Å². The third-order valence-electron chi connectivity index (χ3n) is 6.42. The van der Waals surface area contributed by atoms with E-state index in [1.807, 2.05) is 25.6 Å². The molecule has 2 aliphatic rings. The molecule has 1 aromatic rings. The highest BCUT2D eigenvalue weighted by molar-refractivity contribution is 5.79. The van der Waals surface area contributed by atoms with Crippen LogP contribution in [0.2, 0.25) is 0 Å². The van der Waals surface area contributed by atoms with Gasteiger partial charge in [-0.3, -0.25) is 14.4 Å². The van der Waals surface area contributed by atoms with Gasteiger partial charge >= 0.3 is 0 Å². The molecule has 25 heavy (non-hydrogen) atoms. The molecule has 5 heteroatoms. The van der Waals surface area contributed by atoms with Gasteiger partial charge in [0.2, 0.25) is 5.91 Å². The zero-order valence-electron chi connectivity index (χ0n) is 16.2. The number of nitrogens with zero attached hydrogens (tertiary/aromatic N) is 3. The Hall–Kier alpha value is -1.36. The summed E-state index contributed by atoms with van der Waals surface area (Å²) >= 11 is 0. The summed E-state index contributed by atoms with van der Waals surface area (Å²) in [7, 11) is 1.94. The molecular formula is C20H34N4O. The molecule has 1 aliphatic heterocycles. The van der Waals surface area contributed by atoms with Crippen molar-refractivity contribution in [2.24, 2.45) is 7.05 Å². The molecule has 5 nitrogen and oxygen atoms in total. The summed E-state index contributed by atoms with van der Waals surface area (Å²) in [4.78, 5) is 15.3. The number of carbonyl (C=O) groups is 1. The molecular weight excluding hydrogens is 312 g/mol. The summed E-state index contributed by atoms with van der Waals surface area (Å²) in [6, 6.07) is 0. The molecule has 2 fully saturated rings. The second-order valence-corrected chi connectivity index (χ2v) is 8.06. The monoisotopic (exact) mass is 346 g/mol. The first-order chi connectivity index (χ1) is 12.0. The summed E-state index contributed by atoms with van der Waals surface area (Å²) < 4.78 is 1.87. The lowest BCUT2D eigenvalue weighted by molar-refractivity contribution is -0.121. The van der Waals surface area contributed by atoms with E-state index < -0.39 is 0 Å². The minimum atomic E-state index is 0.140. The van der Waals surface area contributed by atoms with E-state index in [-0.39, 0.29) is 11.4 Å². The molecule has 140 valence electrons. The average Bonchev–Trinajstić information content (AvgIpc) is 2.88. The summed E-state index contributed by atoms with van der Waals surface area (Å²) in [5.74, 6) is 0.140. The van der Waals surface area contributed by atoms with Gasteiger partial charge in [0.15, 0.2) is 0 Å². The van der Waals surface area contributed by atoms with E-state index in [0.717, 1.165) is 23.5 Å². The van der Waals surface area contributed by atoms with E-state index in [1.54, 1.807) is 0 Å². The van der Waals surface area contributed by atoms with Crippen molar-refractivity contribution >= 4 is 5.91 Å². The second kappa shape index (κ2) is 7.90. The van der Waals surface area contributed by atoms with Gasteiger partial charge in [-0.05, 0) is 52.6 Å². The first-order valence-corrected chi connectivity index (χ1v) is 10.0. The van der Waals surface area contributed by atoms with Crippen LogP contribution in [-0.2, 0) is 18.3 Å². The maximum Gasteiger partial charge on any atom is 0.224 e. The van der Waals surface area contributed by atoms with E-state index >= 15 is 0 Å². The van der Waals surface area contributed by atoms with Gasteiger partial charge in [-0.1, -0.05) is 25.7 Å². The standard InChI is InChI=1S/C20H34N4O/c1-16-18(17(2)23(3)22-16)14-19(25)21-15-20(10-6-4-7-11-20)24-12-8-5-9-13-24/h4-15H2,1-3H3,(H,21,25). The van der Waals surface area contributed by atoms with Crippen molar-refractivity contribution in [3.8, 4) is 0 Å². The zero-order chi connectivity index (χ0) is 17.9. The van der Waals surface area contributed by atoms with Gasteiger partial charge in [0, 0.05) is 30.4 Å².